The molecule has 1 heterocycles. The number of fused-ring (bicyclic) bond motifs is 1. The van der Waals surface area contributed by atoms with Gasteiger partial charge in [0, 0.05) is 35.8 Å². The lowest BCUT2D eigenvalue weighted by Crippen LogP contribution is -2.16. The highest BCUT2D eigenvalue weighted by Gasteiger charge is 2.15. The fourth-order valence-corrected chi connectivity index (χ4v) is 3.33. The highest BCUT2D eigenvalue weighted by atomic mass is 32.2. The van der Waals surface area contributed by atoms with Crippen LogP contribution in [0.5, 0.6) is 0 Å². The lowest BCUT2D eigenvalue weighted by molar-refractivity contribution is 0.102. The molecule has 1 N–H and O–H groups in total. The molecule has 0 saturated carbocycles. The van der Waals surface area contributed by atoms with E-state index in [-0.39, 0.29) is 17.1 Å². The van der Waals surface area contributed by atoms with E-state index in [2.05, 4.69) is 24.1 Å². The van der Waals surface area contributed by atoms with Gasteiger partial charge >= 0.3 is 0 Å². The Balaban J connectivity index is 1.84. The van der Waals surface area contributed by atoms with Crippen molar-refractivity contribution in [2.75, 3.05) is 19.4 Å². The fourth-order valence-electron chi connectivity index (χ4n) is 2.68. The maximum atomic E-state index is 13.0. The van der Waals surface area contributed by atoms with Gasteiger partial charge < -0.3 is 10.2 Å². The van der Waals surface area contributed by atoms with Gasteiger partial charge in [0.2, 0.25) is 0 Å². The fraction of sp³-hybridized carbons (Fsp3) is 0.227. The van der Waals surface area contributed by atoms with Crippen LogP contribution in [-0.4, -0.2) is 35.1 Å². The summed E-state index contributed by atoms with van der Waals surface area (Å²) >= 11 is 1.15. The first-order valence-corrected chi connectivity index (χ1v) is 9.87. The van der Waals surface area contributed by atoms with Crippen molar-refractivity contribution in [1.82, 2.24) is 9.88 Å². The normalized spacial score (nSPS) is 10.9. The van der Waals surface area contributed by atoms with Crippen LogP contribution in [0.3, 0.4) is 0 Å². The summed E-state index contributed by atoms with van der Waals surface area (Å²) in [6, 6.07) is 16.8. The van der Waals surface area contributed by atoms with Gasteiger partial charge in [0.15, 0.2) is 0 Å². The van der Waals surface area contributed by atoms with Crippen LogP contribution in [0.25, 0.3) is 10.9 Å². The Labute approximate surface area is 169 Å². The number of anilines is 1. The molecule has 144 valence electrons. The van der Waals surface area contributed by atoms with E-state index in [1.807, 2.05) is 42.5 Å². The summed E-state index contributed by atoms with van der Waals surface area (Å²) in [5, 5.41) is 3.73. The van der Waals surface area contributed by atoms with Crippen molar-refractivity contribution in [3.63, 3.8) is 0 Å². The highest BCUT2D eigenvalue weighted by Crippen LogP contribution is 2.25. The Morgan fingerprint density at radius 2 is 1.71 bits per heavy atom. The summed E-state index contributed by atoms with van der Waals surface area (Å²) in [4.78, 5) is 31.8. The summed E-state index contributed by atoms with van der Waals surface area (Å²) in [5.74, 6) is 0.0481. The van der Waals surface area contributed by atoms with Gasteiger partial charge in [-0.15, -0.1) is 0 Å². The molecule has 0 aliphatic rings. The number of hydrogen-bond acceptors (Lipinski definition) is 4. The molecule has 0 spiro atoms. The maximum Gasteiger partial charge on any atom is 0.285 e. The number of thioether (sulfide) groups is 1. The summed E-state index contributed by atoms with van der Waals surface area (Å²) in [6.07, 6.45) is 0. The minimum Gasteiger partial charge on any atom is -0.339 e. The van der Waals surface area contributed by atoms with Crippen LogP contribution in [0.4, 0.5) is 10.5 Å². The Hall–Kier alpha value is -2.86. The lowest BCUT2D eigenvalue weighted by atomic mass is 10.0. The smallest absolute Gasteiger partial charge is 0.285 e. The number of benzene rings is 2. The molecule has 0 aliphatic carbocycles. The molecular weight excluding hydrogens is 370 g/mol. The predicted octanol–water partition coefficient (Wildman–Crippen LogP) is 5.38. The zero-order chi connectivity index (χ0) is 20.3. The quantitative estimate of drug-likeness (QED) is 0.604. The van der Waals surface area contributed by atoms with Gasteiger partial charge in [-0.25, -0.2) is 0 Å². The first kappa shape index (κ1) is 19.9. The van der Waals surface area contributed by atoms with E-state index < -0.39 is 0 Å². The Bertz CT molecular complexity index is 1010. The molecule has 5 nitrogen and oxygen atoms in total. The number of carbonyl (C=O) groups is 2. The number of para-hydroxylation sites is 1. The predicted molar refractivity (Wildman–Crippen MR) is 115 cm³/mol. The Kier molecular flexibility index (Phi) is 5.99. The number of aromatic nitrogens is 1. The van der Waals surface area contributed by atoms with E-state index in [9.17, 15) is 9.59 Å². The molecule has 2 aromatic carbocycles. The second kappa shape index (κ2) is 8.44. The molecule has 1 aromatic heterocycles. The third-order valence-electron chi connectivity index (χ3n) is 4.25. The van der Waals surface area contributed by atoms with Crippen LogP contribution < -0.4 is 5.32 Å². The van der Waals surface area contributed by atoms with Crippen LogP contribution in [0.1, 0.15) is 35.8 Å². The van der Waals surface area contributed by atoms with Gasteiger partial charge in [-0.05, 0) is 54.1 Å². The van der Waals surface area contributed by atoms with Gasteiger partial charge in [-0.3, -0.25) is 14.6 Å². The van der Waals surface area contributed by atoms with Gasteiger partial charge in [0.05, 0.1) is 11.1 Å². The van der Waals surface area contributed by atoms with Gasteiger partial charge in [0.1, 0.15) is 0 Å². The van der Waals surface area contributed by atoms with E-state index in [0.29, 0.717) is 11.3 Å². The minimum absolute atomic E-state index is 0.0405. The SMILES string of the molecule is CC(C)c1cc(C(=O)Nc2ccc(SC(=O)N(C)C)cc2)c2ccccc2n1. The van der Waals surface area contributed by atoms with Crippen molar-refractivity contribution < 1.29 is 9.59 Å². The molecule has 0 bridgehead atoms. The van der Waals surface area contributed by atoms with Crippen molar-refractivity contribution in [2.24, 2.45) is 0 Å². The van der Waals surface area contributed by atoms with E-state index >= 15 is 0 Å². The number of hydrogen-bond donors (Lipinski definition) is 1. The van der Waals surface area contributed by atoms with Crippen LogP contribution in [0.2, 0.25) is 0 Å². The average Bonchev–Trinajstić information content (AvgIpc) is 2.68. The van der Waals surface area contributed by atoms with Gasteiger partial charge in [-0.1, -0.05) is 32.0 Å². The molecule has 6 heteroatoms. The summed E-state index contributed by atoms with van der Waals surface area (Å²) in [6.45, 7) is 4.12. The van der Waals surface area contributed by atoms with Crippen molar-refractivity contribution in [3.8, 4) is 0 Å². The number of nitrogens with zero attached hydrogens (tertiary/aromatic N) is 2. The second-order valence-electron chi connectivity index (χ2n) is 7.01. The molecule has 0 saturated heterocycles. The van der Waals surface area contributed by atoms with E-state index in [1.165, 1.54) is 4.90 Å². The topological polar surface area (TPSA) is 62.3 Å². The van der Waals surface area contributed by atoms with Gasteiger partial charge in [0.25, 0.3) is 11.1 Å². The second-order valence-corrected chi connectivity index (χ2v) is 8.03. The number of pyridine rings is 1. The van der Waals surface area contributed by atoms with Crippen LogP contribution in [0, 0.1) is 0 Å². The van der Waals surface area contributed by atoms with Gasteiger partial charge in [-0.2, -0.15) is 0 Å². The Morgan fingerprint density at radius 3 is 2.36 bits per heavy atom. The van der Waals surface area contributed by atoms with E-state index in [4.69, 9.17) is 0 Å². The molecule has 28 heavy (non-hydrogen) atoms. The summed E-state index contributed by atoms with van der Waals surface area (Å²) in [7, 11) is 3.43. The standard InChI is InChI=1S/C22H23N3O2S/c1-14(2)20-13-18(17-7-5-6-8-19(17)24-20)21(26)23-15-9-11-16(12-10-15)28-22(27)25(3)4/h5-14H,1-4H3,(H,23,26). The highest BCUT2D eigenvalue weighted by molar-refractivity contribution is 8.13. The first-order chi connectivity index (χ1) is 13.3. The third-order valence-corrected chi connectivity index (χ3v) is 5.30. The molecule has 0 aliphatic heterocycles. The monoisotopic (exact) mass is 393 g/mol. The molecule has 0 unspecified atom stereocenters. The average molecular weight is 394 g/mol. The first-order valence-electron chi connectivity index (χ1n) is 9.05. The molecule has 3 rings (SSSR count). The number of amides is 2. The largest absolute Gasteiger partial charge is 0.339 e. The van der Waals surface area contributed by atoms with Crippen molar-refractivity contribution in [1.29, 1.82) is 0 Å². The van der Waals surface area contributed by atoms with E-state index in [0.717, 1.165) is 33.3 Å². The van der Waals surface area contributed by atoms with Crippen molar-refractivity contribution in [3.05, 3.63) is 65.9 Å². The van der Waals surface area contributed by atoms with E-state index in [1.54, 1.807) is 26.2 Å². The maximum absolute atomic E-state index is 13.0. The van der Waals surface area contributed by atoms with Crippen molar-refractivity contribution in [2.45, 2.75) is 24.7 Å². The lowest BCUT2D eigenvalue weighted by Gasteiger charge is -2.12. The van der Waals surface area contributed by atoms with Crippen LogP contribution in [0.15, 0.2) is 59.5 Å². The molecule has 0 radical (unpaired) electrons. The molecular formula is C22H23N3O2S. The number of nitrogens with one attached hydrogen (secondary N) is 1. The van der Waals surface area contributed by atoms with Crippen LogP contribution >= 0.6 is 11.8 Å². The molecule has 0 atom stereocenters. The third kappa shape index (κ3) is 4.51. The van der Waals surface area contributed by atoms with Crippen molar-refractivity contribution >= 4 is 39.5 Å². The summed E-state index contributed by atoms with van der Waals surface area (Å²) in [5.41, 5.74) is 2.99. The number of carbonyl (C=O) groups excluding carboxylic acids is 2. The zero-order valence-corrected chi connectivity index (χ0v) is 17.2. The summed E-state index contributed by atoms with van der Waals surface area (Å²) < 4.78 is 0. The zero-order valence-electron chi connectivity index (χ0n) is 16.4. The Morgan fingerprint density at radius 1 is 1.04 bits per heavy atom. The molecule has 2 amide bonds. The minimum atomic E-state index is -0.176. The molecule has 3 aromatic rings. The number of rotatable bonds is 4. The molecule has 0 fully saturated rings. The van der Waals surface area contributed by atoms with Crippen LogP contribution in [-0.2, 0) is 0 Å².